The monoisotopic (exact) mass is 534 g/mol. The smallest absolute Gasteiger partial charge is 0.222 e. The van der Waals surface area contributed by atoms with Crippen LogP contribution in [0.25, 0.3) is 0 Å². The topological polar surface area (TPSA) is 62.7 Å². The molecule has 4 fully saturated rings. The third-order valence-electron chi connectivity index (χ3n) is 12.4. The predicted molar refractivity (Wildman–Crippen MR) is 154 cm³/mol. The van der Waals surface area contributed by atoms with Crippen molar-refractivity contribution in [3.05, 3.63) is 36.2 Å². The van der Waals surface area contributed by atoms with Gasteiger partial charge in [0.15, 0.2) is 0 Å². The number of likely N-dealkylation sites (tertiary alicyclic amines) is 1. The summed E-state index contributed by atoms with van der Waals surface area (Å²) in [6.45, 7) is 9.19. The van der Waals surface area contributed by atoms with Gasteiger partial charge in [0.05, 0.1) is 6.10 Å². The molecule has 1 aliphatic heterocycles. The number of piperidine rings is 1. The Bertz CT molecular complexity index is 1050. The van der Waals surface area contributed by atoms with E-state index in [1.54, 1.807) is 18.0 Å². The lowest BCUT2D eigenvalue weighted by Crippen LogP contribution is -2.50. The van der Waals surface area contributed by atoms with Crippen LogP contribution in [0, 0.1) is 40.4 Å². The highest BCUT2D eigenvalue weighted by Gasteiger charge is 2.59. The highest BCUT2D eigenvalue weighted by atomic mass is 16.5. The summed E-state index contributed by atoms with van der Waals surface area (Å²) in [5, 5.41) is 10.3. The molecule has 3 saturated carbocycles. The molecule has 1 unspecified atom stereocenters. The number of allylic oxidation sites excluding steroid dienone is 1. The molecular weight excluding hydrogens is 484 g/mol. The Balaban J connectivity index is 1.02. The zero-order valence-corrected chi connectivity index (χ0v) is 24.5. The van der Waals surface area contributed by atoms with Gasteiger partial charge in [-0.3, -0.25) is 9.78 Å². The minimum Gasteiger partial charge on any atom is -0.490 e. The van der Waals surface area contributed by atoms with Crippen LogP contribution in [-0.2, 0) is 4.79 Å². The molecule has 5 nitrogen and oxygen atoms in total. The number of carbonyl (C=O) groups excluding carboxylic acids is 1. The molecule has 5 heteroatoms. The van der Waals surface area contributed by atoms with Crippen LogP contribution in [0.3, 0.4) is 0 Å². The summed E-state index contributed by atoms with van der Waals surface area (Å²) in [5.74, 6) is 4.97. The van der Waals surface area contributed by atoms with E-state index in [-0.39, 0.29) is 12.2 Å². The number of hydrogen-bond donors (Lipinski definition) is 1. The summed E-state index contributed by atoms with van der Waals surface area (Å²) in [7, 11) is 0. The van der Waals surface area contributed by atoms with Gasteiger partial charge in [-0.15, -0.1) is 0 Å². The van der Waals surface area contributed by atoms with Crippen molar-refractivity contribution in [2.45, 2.75) is 110 Å². The first kappa shape index (κ1) is 27.3. The van der Waals surface area contributed by atoms with Crippen LogP contribution in [0.2, 0.25) is 0 Å². The highest BCUT2D eigenvalue weighted by Crippen LogP contribution is 2.67. The van der Waals surface area contributed by atoms with Crippen LogP contribution in [0.1, 0.15) is 97.8 Å². The second kappa shape index (κ2) is 10.8. The molecule has 2 heterocycles. The first-order valence-corrected chi connectivity index (χ1v) is 16.0. The van der Waals surface area contributed by atoms with Gasteiger partial charge in [0.25, 0.3) is 0 Å². The van der Waals surface area contributed by atoms with Crippen LogP contribution in [-0.4, -0.2) is 46.2 Å². The highest BCUT2D eigenvalue weighted by molar-refractivity contribution is 5.76. The van der Waals surface area contributed by atoms with E-state index < -0.39 is 0 Å². The zero-order valence-electron chi connectivity index (χ0n) is 24.5. The molecule has 1 N–H and O–H groups in total. The predicted octanol–water partition coefficient (Wildman–Crippen LogP) is 6.81. The normalized spacial score (nSPS) is 39.2. The summed E-state index contributed by atoms with van der Waals surface area (Å²) in [5.41, 5.74) is 2.30. The molecular formula is C34H50N2O3. The summed E-state index contributed by atoms with van der Waals surface area (Å²) >= 11 is 0. The summed E-state index contributed by atoms with van der Waals surface area (Å²) in [6, 6.07) is 3.81. The SMILES string of the molecule is CC(CCC(=O)N1CCC(Oc2ccncc2)CC1)[C@H]1CC[C@H]2[C@@H]3CC=C4C[C@@H](O)CC[C@]4(C)[C@H]3CC[C@]12C. The maximum atomic E-state index is 13.2. The molecule has 1 saturated heterocycles. The number of fused-ring (bicyclic) bond motifs is 5. The van der Waals surface area contributed by atoms with Crippen LogP contribution in [0.4, 0.5) is 0 Å². The van der Waals surface area contributed by atoms with Crippen molar-refractivity contribution in [3.8, 4) is 5.75 Å². The minimum absolute atomic E-state index is 0.124. The van der Waals surface area contributed by atoms with Gasteiger partial charge in [0.2, 0.25) is 5.91 Å². The average Bonchev–Trinajstić information content (AvgIpc) is 3.30. The zero-order chi connectivity index (χ0) is 27.2. The lowest BCUT2D eigenvalue weighted by molar-refractivity contribution is -0.133. The maximum Gasteiger partial charge on any atom is 0.222 e. The summed E-state index contributed by atoms with van der Waals surface area (Å²) < 4.78 is 6.10. The van der Waals surface area contributed by atoms with Gasteiger partial charge in [-0.05, 0) is 110 Å². The Kier molecular flexibility index (Phi) is 7.58. The van der Waals surface area contributed by atoms with Crippen LogP contribution < -0.4 is 4.74 Å². The van der Waals surface area contributed by atoms with E-state index in [9.17, 15) is 9.90 Å². The van der Waals surface area contributed by atoms with E-state index >= 15 is 0 Å². The van der Waals surface area contributed by atoms with Crippen molar-refractivity contribution in [3.63, 3.8) is 0 Å². The van der Waals surface area contributed by atoms with Gasteiger partial charge < -0.3 is 14.7 Å². The lowest BCUT2D eigenvalue weighted by Gasteiger charge is -2.58. The van der Waals surface area contributed by atoms with E-state index in [0.717, 1.165) is 74.6 Å². The fourth-order valence-electron chi connectivity index (χ4n) is 10.2. The third-order valence-corrected chi connectivity index (χ3v) is 12.4. The van der Waals surface area contributed by atoms with E-state index in [2.05, 4.69) is 36.7 Å². The molecule has 39 heavy (non-hydrogen) atoms. The molecule has 0 aromatic carbocycles. The van der Waals surface area contributed by atoms with Crippen molar-refractivity contribution in [2.24, 2.45) is 40.4 Å². The average molecular weight is 535 g/mol. The second-order valence-corrected chi connectivity index (χ2v) is 14.3. The van der Waals surface area contributed by atoms with E-state index in [1.165, 1.54) is 38.5 Å². The summed E-state index contributed by atoms with van der Waals surface area (Å²) in [6.07, 6.45) is 19.3. The Morgan fingerprint density at radius 2 is 1.85 bits per heavy atom. The third kappa shape index (κ3) is 5.06. The maximum absolute atomic E-state index is 13.2. The molecule has 1 aromatic rings. The standard InChI is InChI=1S/C34H50N2O3/c1-23(4-9-32(38)36-20-14-27(15-21-36)39-26-12-18-35-19-13-26)29-7-8-30-28-6-5-24-22-25(37)10-16-33(24,2)31(28)11-17-34(29,30)3/h5,12-13,18-19,23,25,27-31,37H,4,6-11,14-17,20-22H2,1-3H3/t23?,25-,28-,29+,30-,31-,33-,34+/m0/s1. The molecule has 8 atom stereocenters. The number of amides is 1. The van der Waals surface area contributed by atoms with E-state index in [1.807, 2.05) is 12.1 Å². The molecule has 6 rings (SSSR count). The van der Waals surface area contributed by atoms with Gasteiger partial charge in [-0.2, -0.15) is 0 Å². The van der Waals surface area contributed by atoms with Crippen molar-refractivity contribution < 1.29 is 14.6 Å². The molecule has 5 aliphatic rings. The number of pyridine rings is 1. The van der Waals surface area contributed by atoms with Crippen LogP contribution >= 0.6 is 0 Å². The largest absolute Gasteiger partial charge is 0.490 e. The number of nitrogens with zero attached hydrogens (tertiary/aromatic N) is 2. The Morgan fingerprint density at radius 3 is 2.62 bits per heavy atom. The van der Waals surface area contributed by atoms with Gasteiger partial charge in [0, 0.05) is 44.7 Å². The van der Waals surface area contributed by atoms with E-state index in [4.69, 9.17) is 4.74 Å². The van der Waals surface area contributed by atoms with Crippen LogP contribution in [0.5, 0.6) is 5.75 Å². The van der Waals surface area contributed by atoms with Crippen molar-refractivity contribution >= 4 is 5.91 Å². The number of aliphatic hydroxyl groups excluding tert-OH is 1. The van der Waals surface area contributed by atoms with Gasteiger partial charge in [-0.25, -0.2) is 0 Å². The fourth-order valence-corrected chi connectivity index (χ4v) is 10.2. The van der Waals surface area contributed by atoms with E-state index in [0.29, 0.717) is 29.1 Å². The number of carbonyl (C=O) groups is 1. The Morgan fingerprint density at radius 1 is 1.08 bits per heavy atom. The number of aliphatic hydroxyl groups is 1. The molecule has 0 radical (unpaired) electrons. The second-order valence-electron chi connectivity index (χ2n) is 14.3. The number of ether oxygens (including phenoxy) is 1. The molecule has 214 valence electrons. The van der Waals surface area contributed by atoms with Gasteiger partial charge in [-0.1, -0.05) is 32.4 Å². The number of aromatic nitrogens is 1. The first-order chi connectivity index (χ1) is 18.8. The van der Waals surface area contributed by atoms with Crippen LogP contribution in [0.15, 0.2) is 36.2 Å². The Hall–Kier alpha value is -1.88. The molecule has 0 spiro atoms. The van der Waals surface area contributed by atoms with Gasteiger partial charge >= 0.3 is 0 Å². The lowest BCUT2D eigenvalue weighted by atomic mass is 9.47. The molecule has 1 aromatic heterocycles. The Labute approximate surface area is 235 Å². The molecule has 0 bridgehead atoms. The summed E-state index contributed by atoms with van der Waals surface area (Å²) in [4.78, 5) is 19.3. The van der Waals surface area contributed by atoms with Crippen molar-refractivity contribution in [1.82, 2.24) is 9.88 Å². The number of hydrogen-bond acceptors (Lipinski definition) is 4. The number of rotatable bonds is 6. The van der Waals surface area contributed by atoms with Crippen molar-refractivity contribution in [1.29, 1.82) is 0 Å². The minimum atomic E-state index is -0.124. The molecule has 1 amide bonds. The molecule has 4 aliphatic carbocycles. The first-order valence-electron chi connectivity index (χ1n) is 16.0. The van der Waals surface area contributed by atoms with Gasteiger partial charge in [0.1, 0.15) is 11.9 Å². The van der Waals surface area contributed by atoms with Crippen molar-refractivity contribution in [2.75, 3.05) is 13.1 Å². The fraction of sp³-hybridized carbons (Fsp3) is 0.765. The quantitative estimate of drug-likeness (QED) is 0.407.